The van der Waals surface area contributed by atoms with E-state index in [4.69, 9.17) is 10.2 Å². The van der Waals surface area contributed by atoms with Gasteiger partial charge in [0, 0.05) is 0 Å². The number of likely N-dealkylation sites (N-methyl/N-ethyl adjacent to an activating group) is 2. The Morgan fingerprint density at radius 1 is 0.591 bits per heavy atom. The van der Waals surface area contributed by atoms with Crippen molar-refractivity contribution in [3.63, 3.8) is 0 Å². The second-order valence-corrected chi connectivity index (χ2v) is 16.5. The van der Waals surface area contributed by atoms with Crippen molar-refractivity contribution in [3.8, 4) is 0 Å². The molecule has 0 spiro atoms. The van der Waals surface area contributed by atoms with E-state index in [2.05, 4.69) is 42.3 Å². The molecule has 4 nitrogen and oxygen atoms in total. The molecule has 0 aromatic carbocycles. The third-order valence-corrected chi connectivity index (χ3v) is 1.54. The Kier molecular flexibility index (Phi) is 7.58. The molecule has 0 aromatic rings. The number of rotatable bonds is 4. The Morgan fingerprint density at radius 2 is 0.727 bits per heavy atom. The fourth-order valence-electron chi connectivity index (χ4n) is 0.600. The summed E-state index contributed by atoms with van der Waals surface area (Å²) in [5, 5.41) is 16.8. The Balaban J connectivity index is -0.000000247. The van der Waals surface area contributed by atoms with Gasteiger partial charge in [0.15, 0.2) is 0 Å². The summed E-state index contributed by atoms with van der Waals surface area (Å²) in [4.78, 5) is 0. The molecular formula is C10H28F7N2O2Ta. The molecule has 0 bridgehead atoms. The van der Waals surface area contributed by atoms with E-state index in [9.17, 15) is 21.2 Å². The van der Waals surface area contributed by atoms with Gasteiger partial charge in [0.25, 0.3) is 0 Å². The van der Waals surface area contributed by atoms with Gasteiger partial charge in [0.2, 0.25) is 0 Å². The number of hydrogen-bond acceptors (Lipinski definition) is 2. The third-order valence-electron chi connectivity index (χ3n) is 1.54. The van der Waals surface area contributed by atoms with Gasteiger partial charge in [0.05, 0.1) is 55.5 Å². The van der Waals surface area contributed by atoms with Gasteiger partial charge in [-0.25, -0.2) is 0 Å². The van der Waals surface area contributed by atoms with Crippen LogP contribution in [0.5, 0.6) is 0 Å². The third kappa shape index (κ3) is 112. The van der Waals surface area contributed by atoms with Crippen LogP contribution in [0.15, 0.2) is 0 Å². The molecule has 0 aliphatic rings. The maximum absolute atomic E-state index is 13.4. The second-order valence-electron chi connectivity index (χ2n) is 6.82. The van der Waals surface area contributed by atoms with Gasteiger partial charge in [-0.1, -0.05) is 0 Å². The first-order chi connectivity index (χ1) is 8.77. The number of halogens is 7. The molecule has 22 heavy (non-hydrogen) atoms. The predicted octanol–water partition coefficient (Wildman–Crippen LogP) is 2.31. The van der Waals surface area contributed by atoms with E-state index >= 15 is 0 Å². The van der Waals surface area contributed by atoms with E-state index in [1.807, 2.05) is 0 Å². The minimum absolute atomic E-state index is 0.281. The molecule has 0 rings (SSSR count). The van der Waals surface area contributed by atoms with Crippen molar-refractivity contribution in [3.05, 3.63) is 0 Å². The molecule has 0 aromatic heterocycles. The molecule has 0 aliphatic carbocycles. The van der Waals surface area contributed by atoms with Crippen LogP contribution in [0.25, 0.3) is 0 Å². The normalized spacial score (nSPS) is 17.5. The Labute approximate surface area is 126 Å². The summed E-state index contributed by atoms with van der Waals surface area (Å²) in [5.74, 6) is 0. The summed E-state index contributed by atoms with van der Waals surface area (Å²) >= 11 is -13.4. The average molecular weight is 522 g/mol. The summed E-state index contributed by atoms with van der Waals surface area (Å²) in [7, 11) is 12.3. The zero-order chi connectivity index (χ0) is 19.2. The first kappa shape index (κ1) is 27.0. The quantitative estimate of drug-likeness (QED) is 0.440. The van der Waals surface area contributed by atoms with E-state index in [-0.39, 0.29) is 13.2 Å². The van der Waals surface area contributed by atoms with Crippen LogP contribution in [0.3, 0.4) is 0 Å². The summed E-state index contributed by atoms with van der Waals surface area (Å²) < 4.78 is 71.3. The molecule has 0 unspecified atom stereocenters. The number of quaternary nitrogens is 2. The van der Waals surface area contributed by atoms with E-state index in [0.717, 1.165) is 22.1 Å². The molecular weight excluding hydrogens is 494 g/mol. The van der Waals surface area contributed by atoms with Crippen LogP contribution in [0, 0.1) is 0 Å². The molecule has 0 heterocycles. The van der Waals surface area contributed by atoms with Crippen LogP contribution in [-0.4, -0.2) is 87.8 Å². The standard InChI is InChI=1S/2C5H14NO.7FH.Ta/c2*1-6(2,3)4-5-7;;;;;;;;/h2*7H,4-5H2,1-3H3;7*1H;/q2*+1;;;;;;;;+5/p-7. The van der Waals surface area contributed by atoms with E-state index in [0.29, 0.717) is 0 Å². The topological polar surface area (TPSA) is 40.5 Å². The molecule has 2 N–H and O–H groups in total. The van der Waals surface area contributed by atoms with Crippen LogP contribution in [0.2, 0.25) is 0 Å². The molecule has 0 fully saturated rings. The zero-order valence-electron chi connectivity index (χ0n) is 13.7. The van der Waals surface area contributed by atoms with Crippen LogP contribution in [-0.2, 0) is 17.0 Å². The number of aliphatic hydroxyl groups excluding tert-OH is 2. The maximum atomic E-state index is 9.94. The minimum atomic E-state index is -13.4. The summed E-state index contributed by atoms with van der Waals surface area (Å²) in [5.41, 5.74) is 0. The molecule has 0 radical (unpaired) electrons. The van der Waals surface area contributed by atoms with E-state index < -0.39 is 17.0 Å². The molecule has 144 valence electrons. The van der Waals surface area contributed by atoms with Gasteiger partial charge in [-0.05, 0) is 0 Å². The Hall–Kier alpha value is 0.0903. The first-order valence-electron chi connectivity index (χ1n) is 6.13. The van der Waals surface area contributed by atoms with E-state index in [1.54, 1.807) is 0 Å². The Bertz CT molecular complexity index is 299. The molecule has 0 saturated carbocycles. The van der Waals surface area contributed by atoms with Crippen molar-refractivity contribution in [2.45, 2.75) is 0 Å². The molecule has 0 saturated heterocycles. The molecule has 12 heteroatoms. The Morgan fingerprint density at radius 3 is 0.727 bits per heavy atom. The van der Waals surface area contributed by atoms with Crippen LogP contribution in [0.4, 0.5) is 21.2 Å². The van der Waals surface area contributed by atoms with Gasteiger partial charge in [-0.2, -0.15) is 0 Å². The summed E-state index contributed by atoms with van der Waals surface area (Å²) in [6.45, 7) is 2.23. The van der Waals surface area contributed by atoms with Gasteiger partial charge in [-0.15, -0.1) is 0 Å². The van der Waals surface area contributed by atoms with Crippen molar-refractivity contribution >= 4 is 0 Å². The number of nitrogens with zero attached hydrogens (tertiary/aromatic N) is 2. The van der Waals surface area contributed by atoms with Gasteiger partial charge in [0.1, 0.15) is 13.1 Å². The second kappa shape index (κ2) is 6.19. The first-order valence-corrected chi connectivity index (χ1v) is 14.6. The zero-order valence-corrected chi connectivity index (χ0v) is 16.9. The summed E-state index contributed by atoms with van der Waals surface area (Å²) in [6.07, 6.45) is 0. The fourth-order valence-corrected chi connectivity index (χ4v) is 0.600. The fraction of sp³-hybridized carbons (Fsp3) is 1.00. The van der Waals surface area contributed by atoms with Crippen molar-refractivity contribution in [1.82, 2.24) is 0 Å². The molecule has 0 aliphatic heterocycles. The predicted molar refractivity (Wildman–Crippen MR) is 67.7 cm³/mol. The van der Waals surface area contributed by atoms with E-state index in [1.165, 1.54) is 0 Å². The van der Waals surface area contributed by atoms with Gasteiger partial charge >= 0.3 is 38.2 Å². The number of hydrogen-bond donors (Lipinski definition) is 2. The van der Waals surface area contributed by atoms with Crippen LogP contribution < -0.4 is 0 Å². The summed E-state index contributed by atoms with van der Waals surface area (Å²) in [6, 6.07) is 0. The molecule has 0 atom stereocenters. The monoisotopic (exact) mass is 522 g/mol. The van der Waals surface area contributed by atoms with Crippen LogP contribution >= 0.6 is 0 Å². The van der Waals surface area contributed by atoms with Gasteiger partial charge < -0.3 is 19.2 Å². The van der Waals surface area contributed by atoms with Crippen molar-refractivity contribution in [1.29, 1.82) is 0 Å². The molecule has 0 amide bonds. The van der Waals surface area contributed by atoms with Crippen molar-refractivity contribution in [2.24, 2.45) is 0 Å². The average Bonchev–Trinajstić information content (AvgIpc) is 1.91. The number of aliphatic hydroxyl groups is 2. The SMILES string of the molecule is C[N+](C)(C)CCO.C[N+](C)(C)CCO.[F][Ta-2]([F])([F])([F])([F])([F])[F]. The van der Waals surface area contributed by atoms with Gasteiger partial charge in [-0.3, -0.25) is 0 Å². The van der Waals surface area contributed by atoms with Crippen molar-refractivity contribution in [2.75, 3.05) is 68.6 Å². The van der Waals surface area contributed by atoms with Crippen molar-refractivity contribution < 1.29 is 57.4 Å². The van der Waals surface area contributed by atoms with Crippen LogP contribution in [0.1, 0.15) is 0 Å².